The van der Waals surface area contributed by atoms with Crippen LogP contribution in [0.1, 0.15) is 22.6 Å². The largest absolute Gasteiger partial charge is 0.0616 e. The molecule has 11 aromatic rings. The van der Waals surface area contributed by atoms with Gasteiger partial charge >= 0.3 is 0 Å². The number of hydrogen-bond acceptors (Lipinski definition) is 0. The van der Waals surface area contributed by atoms with Gasteiger partial charge in [0.05, 0.1) is 0 Å². The van der Waals surface area contributed by atoms with Crippen molar-refractivity contribution in [2.45, 2.75) is 5.92 Å². The summed E-state index contributed by atoms with van der Waals surface area (Å²) in [5, 5.41) is 15.4. The number of fused-ring (bicyclic) bond motifs is 8. The predicted molar refractivity (Wildman–Crippen MR) is 236 cm³/mol. The Morgan fingerprint density at radius 1 is 0.236 bits per heavy atom. The minimum absolute atomic E-state index is 0.0146. The highest BCUT2D eigenvalue weighted by molar-refractivity contribution is 6.15. The summed E-state index contributed by atoms with van der Waals surface area (Å²) in [6, 6.07) is 78.7. The minimum Gasteiger partial charge on any atom is -0.0616 e. The minimum atomic E-state index is 0.0146. The molecular weight excluding hydrogens is 661 g/mol. The van der Waals surface area contributed by atoms with Gasteiger partial charge < -0.3 is 0 Å². The fourth-order valence-corrected chi connectivity index (χ4v) is 9.18. The molecule has 256 valence electrons. The standard InChI is InChI=1S/C55H36/c1-5-17-44-42(15-1)34-52(50-23-11-9-21-48(44)50)36-25-29-38(30-26-36)54(55-46-19-7-3-13-40(46)33-41-14-4-8-20-47(41)55)39-31-27-37(28-32-39)53-35-43-16-2-6-18-45(43)49-22-10-12-24-51(49)53/h1-35,54H. The Labute approximate surface area is 320 Å². The smallest absolute Gasteiger partial charge is 0.0352 e. The van der Waals surface area contributed by atoms with E-state index in [9.17, 15) is 0 Å². The summed E-state index contributed by atoms with van der Waals surface area (Å²) >= 11 is 0. The summed E-state index contributed by atoms with van der Waals surface area (Å²) in [4.78, 5) is 0. The van der Waals surface area contributed by atoms with Crippen LogP contribution in [0.3, 0.4) is 0 Å². The zero-order valence-electron chi connectivity index (χ0n) is 30.3. The molecule has 0 saturated carbocycles. The Kier molecular flexibility index (Phi) is 7.35. The van der Waals surface area contributed by atoms with Crippen molar-refractivity contribution in [2.24, 2.45) is 0 Å². The van der Waals surface area contributed by atoms with Gasteiger partial charge in [0.15, 0.2) is 0 Å². The first kappa shape index (κ1) is 31.5. The maximum Gasteiger partial charge on any atom is 0.0352 e. The van der Waals surface area contributed by atoms with E-state index in [1.807, 2.05) is 0 Å². The van der Waals surface area contributed by atoms with Crippen LogP contribution < -0.4 is 0 Å². The predicted octanol–water partition coefficient (Wildman–Crippen LogP) is 15.1. The maximum absolute atomic E-state index is 2.37. The fourth-order valence-electron chi connectivity index (χ4n) is 9.18. The third-order valence-electron chi connectivity index (χ3n) is 11.7. The van der Waals surface area contributed by atoms with Gasteiger partial charge in [-0.1, -0.05) is 194 Å². The number of benzene rings is 11. The van der Waals surface area contributed by atoms with Crippen LogP contribution in [0.5, 0.6) is 0 Å². The molecule has 0 saturated heterocycles. The molecule has 0 heterocycles. The molecule has 0 fully saturated rings. The van der Waals surface area contributed by atoms with Crippen molar-refractivity contribution >= 4 is 64.6 Å². The molecule has 0 aliphatic carbocycles. The van der Waals surface area contributed by atoms with Gasteiger partial charge in [0.2, 0.25) is 0 Å². The van der Waals surface area contributed by atoms with Crippen LogP contribution in [0.15, 0.2) is 212 Å². The highest BCUT2D eigenvalue weighted by atomic mass is 14.3. The highest BCUT2D eigenvalue weighted by Gasteiger charge is 2.23. The molecule has 0 aliphatic heterocycles. The van der Waals surface area contributed by atoms with E-state index < -0.39 is 0 Å². The molecule has 0 aromatic heterocycles. The SMILES string of the molecule is c1ccc2c(C(c3ccc(-c4cc5ccccc5c5ccccc45)cc3)c3ccc(-c4cc5ccccc5c5ccccc45)cc3)c3ccccc3cc2c1. The lowest BCUT2D eigenvalue weighted by Gasteiger charge is -2.24. The third-order valence-corrected chi connectivity index (χ3v) is 11.7. The van der Waals surface area contributed by atoms with Crippen molar-refractivity contribution < 1.29 is 0 Å². The van der Waals surface area contributed by atoms with E-state index in [1.54, 1.807) is 0 Å². The molecule has 0 nitrogen and oxygen atoms in total. The van der Waals surface area contributed by atoms with E-state index >= 15 is 0 Å². The van der Waals surface area contributed by atoms with Gasteiger partial charge in [-0.25, -0.2) is 0 Å². The van der Waals surface area contributed by atoms with Crippen LogP contribution in [0.2, 0.25) is 0 Å². The van der Waals surface area contributed by atoms with E-state index in [4.69, 9.17) is 0 Å². The van der Waals surface area contributed by atoms with Gasteiger partial charge in [0, 0.05) is 5.92 Å². The molecule has 0 heteroatoms. The summed E-state index contributed by atoms with van der Waals surface area (Å²) in [6.45, 7) is 0. The van der Waals surface area contributed by atoms with Crippen molar-refractivity contribution in [1.29, 1.82) is 0 Å². The van der Waals surface area contributed by atoms with Crippen molar-refractivity contribution in [3.63, 3.8) is 0 Å². The number of rotatable bonds is 5. The highest BCUT2D eigenvalue weighted by Crippen LogP contribution is 2.43. The third kappa shape index (κ3) is 5.22. The average Bonchev–Trinajstić information content (AvgIpc) is 3.26. The number of hydrogen-bond donors (Lipinski definition) is 0. The Morgan fingerprint density at radius 3 is 0.945 bits per heavy atom. The van der Waals surface area contributed by atoms with Gasteiger partial charge in [-0.05, 0) is 122 Å². The summed E-state index contributed by atoms with van der Waals surface area (Å²) in [6.07, 6.45) is 0. The second-order valence-corrected chi connectivity index (χ2v) is 14.8. The summed E-state index contributed by atoms with van der Waals surface area (Å²) in [5.41, 5.74) is 8.89. The van der Waals surface area contributed by atoms with E-state index in [-0.39, 0.29) is 5.92 Å². The molecule has 11 aromatic carbocycles. The molecule has 0 spiro atoms. The molecular formula is C55H36. The molecule has 0 atom stereocenters. The second kappa shape index (κ2) is 12.8. The summed E-state index contributed by atoms with van der Waals surface area (Å²) < 4.78 is 0. The molecule has 0 aliphatic rings. The summed E-state index contributed by atoms with van der Waals surface area (Å²) in [7, 11) is 0. The average molecular weight is 697 g/mol. The van der Waals surface area contributed by atoms with Gasteiger partial charge in [-0.15, -0.1) is 0 Å². The first-order valence-corrected chi connectivity index (χ1v) is 19.2. The van der Waals surface area contributed by atoms with E-state index in [2.05, 4.69) is 212 Å². The Balaban J connectivity index is 1.11. The lowest BCUT2D eigenvalue weighted by Crippen LogP contribution is -2.05. The van der Waals surface area contributed by atoms with E-state index in [0.717, 1.165) is 0 Å². The van der Waals surface area contributed by atoms with Crippen molar-refractivity contribution in [1.82, 2.24) is 0 Å². The second-order valence-electron chi connectivity index (χ2n) is 14.8. The molecule has 0 bridgehead atoms. The van der Waals surface area contributed by atoms with Crippen LogP contribution in [0.25, 0.3) is 86.9 Å². The lowest BCUT2D eigenvalue weighted by molar-refractivity contribution is 1.00. The normalized spacial score (nSPS) is 11.8. The summed E-state index contributed by atoms with van der Waals surface area (Å²) in [5.74, 6) is 0.0146. The van der Waals surface area contributed by atoms with Crippen molar-refractivity contribution in [3.05, 3.63) is 229 Å². The topological polar surface area (TPSA) is 0 Å². The molecule has 0 radical (unpaired) electrons. The first-order valence-electron chi connectivity index (χ1n) is 19.2. The van der Waals surface area contributed by atoms with Crippen LogP contribution in [-0.2, 0) is 0 Å². The van der Waals surface area contributed by atoms with Crippen molar-refractivity contribution in [2.75, 3.05) is 0 Å². The molecule has 55 heavy (non-hydrogen) atoms. The Bertz CT molecular complexity index is 3020. The van der Waals surface area contributed by atoms with Crippen molar-refractivity contribution in [3.8, 4) is 22.3 Å². The van der Waals surface area contributed by atoms with Gasteiger partial charge in [0.25, 0.3) is 0 Å². The van der Waals surface area contributed by atoms with Gasteiger partial charge in [-0.3, -0.25) is 0 Å². The lowest BCUT2D eigenvalue weighted by atomic mass is 9.79. The first-order chi connectivity index (χ1) is 27.3. The zero-order chi connectivity index (χ0) is 36.3. The monoisotopic (exact) mass is 696 g/mol. The maximum atomic E-state index is 2.37. The van der Waals surface area contributed by atoms with E-state index in [0.29, 0.717) is 0 Å². The molecule has 0 N–H and O–H groups in total. The molecule has 0 unspecified atom stereocenters. The van der Waals surface area contributed by atoms with Crippen LogP contribution in [-0.4, -0.2) is 0 Å². The van der Waals surface area contributed by atoms with Gasteiger partial charge in [-0.2, -0.15) is 0 Å². The quantitative estimate of drug-likeness (QED) is 0.0955. The Hall–Kier alpha value is -7.02. The molecule has 0 amide bonds. The zero-order valence-corrected chi connectivity index (χ0v) is 30.3. The van der Waals surface area contributed by atoms with E-state index in [1.165, 1.54) is 104 Å². The Morgan fingerprint density at radius 2 is 0.545 bits per heavy atom. The van der Waals surface area contributed by atoms with Gasteiger partial charge in [0.1, 0.15) is 0 Å². The fraction of sp³-hybridized carbons (Fsp3) is 0.0182. The molecule has 11 rings (SSSR count). The van der Waals surface area contributed by atoms with Crippen LogP contribution >= 0.6 is 0 Å². The van der Waals surface area contributed by atoms with Crippen LogP contribution in [0, 0.1) is 0 Å². The van der Waals surface area contributed by atoms with Crippen LogP contribution in [0.4, 0.5) is 0 Å².